The Morgan fingerprint density at radius 2 is 1.96 bits per heavy atom. The zero-order valence-corrected chi connectivity index (χ0v) is 12.3. The molecule has 9 nitrogen and oxygen atoms in total. The van der Waals surface area contributed by atoms with E-state index in [4.69, 9.17) is 9.84 Å². The number of aliphatic hydroxyl groups is 3. The summed E-state index contributed by atoms with van der Waals surface area (Å²) in [6, 6.07) is 0. The average molecular weight is 343 g/mol. The van der Waals surface area contributed by atoms with E-state index in [-0.39, 0.29) is 11.5 Å². The fraction of sp³-hybridized carbons (Fsp3) is 0.615. The lowest BCUT2D eigenvalue weighted by molar-refractivity contribution is -0.0511. The third kappa shape index (κ3) is 2.24. The molecule has 24 heavy (non-hydrogen) atoms. The molecule has 2 aliphatic heterocycles. The lowest BCUT2D eigenvalue weighted by Gasteiger charge is -2.39. The molecule has 4 rings (SSSR count). The third-order valence-corrected chi connectivity index (χ3v) is 4.27. The van der Waals surface area contributed by atoms with Crippen LogP contribution in [0.4, 0.5) is 14.6 Å². The Kier molecular flexibility index (Phi) is 3.42. The van der Waals surface area contributed by atoms with Gasteiger partial charge in [0.15, 0.2) is 23.2 Å². The normalized spacial score (nSPS) is 32.3. The van der Waals surface area contributed by atoms with Crippen molar-refractivity contribution in [3.8, 4) is 0 Å². The number of nitrogens with zero attached hydrogens (tertiary/aromatic N) is 5. The van der Waals surface area contributed by atoms with E-state index in [0.29, 0.717) is 5.52 Å². The Balaban J connectivity index is 1.69. The molecule has 0 bridgehead atoms. The van der Waals surface area contributed by atoms with Gasteiger partial charge in [-0.2, -0.15) is 0 Å². The number of aliphatic hydroxyl groups excluding tert-OH is 3. The van der Waals surface area contributed by atoms with Crippen LogP contribution in [0, 0.1) is 0 Å². The molecule has 3 N–H and O–H groups in total. The summed E-state index contributed by atoms with van der Waals surface area (Å²) in [5, 5.41) is 29.1. The molecule has 2 saturated heterocycles. The number of fused-ring (bicyclic) bond motifs is 1. The van der Waals surface area contributed by atoms with Crippen molar-refractivity contribution in [2.24, 2.45) is 0 Å². The van der Waals surface area contributed by atoms with E-state index in [1.165, 1.54) is 22.1 Å². The summed E-state index contributed by atoms with van der Waals surface area (Å²) in [5.74, 6) is -2.47. The molecule has 2 aliphatic rings. The monoisotopic (exact) mass is 343 g/mol. The molecule has 0 unspecified atom stereocenters. The maximum Gasteiger partial charge on any atom is 0.282 e. The van der Waals surface area contributed by atoms with Crippen LogP contribution in [-0.2, 0) is 4.74 Å². The minimum Gasteiger partial charge on any atom is -0.394 e. The molecule has 0 amide bonds. The lowest BCUT2D eigenvalue weighted by atomic mass is 10.1. The summed E-state index contributed by atoms with van der Waals surface area (Å²) >= 11 is 0. The molecule has 0 radical (unpaired) electrons. The van der Waals surface area contributed by atoms with Gasteiger partial charge in [-0.1, -0.05) is 0 Å². The second kappa shape index (κ2) is 5.28. The van der Waals surface area contributed by atoms with Gasteiger partial charge in [-0.25, -0.2) is 23.7 Å². The first-order valence-electron chi connectivity index (χ1n) is 7.34. The first-order chi connectivity index (χ1) is 11.4. The van der Waals surface area contributed by atoms with Gasteiger partial charge in [-0.05, 0) is 0 Å². The SMILES string of the molecule is OC[C@H]1O[C@@H](n2cnc3c(N4CC(F)(F)C4)ncnc32)[C@H](O)[C@@H]1O. The molecule has 2 fully saturated rings. The Labute approximate surface area is 134 Å². The third-order valence-electron chi connectivity index (χ3n) is 4.27. The molecular weight excluding hydrogens is 328 g/mol. The van der Waals surface area contributed by atoms with Crippen LogP contribution in [0.2, 0.25) is 0 Å². The molecule has 130 valence electrons. The van der Waals surface area contributed by atoms with Crippen molar-refractivity contribution in [1.82, 2.24) is 19.5 Å². The molecule has 2 aromatic rings. The van der Waals surface area contributed by atoms with Crippen LogP contribution in [0.3, 0.4) is 0 Å². The number of anilines is 1. The number of ether oxygens (including phenoxy) is 1. The van der Waals surface area contributed by atoms with Gasteiger partial charge < -0.3 is 25.0 Å². The minimum atomic E-state index is -2.75. The van der Waals surface area contributed by atoms with Crippen molar-refractivity contribution in [2.45, 2.75) is 30.5 Å². The van der Waals surface area contributed by atoms with Gasteiger partial charge in [-0.3, -0.25) is 4.57 Å². The largest absolute Gasteiger partial charge is 0.394 e. The smallest absolute Gasteiger partial charge is 0.282 e. The van der Waals surface area contributed by atoms with Crippen LogP contribution in [0.5, 0.6) is 0 Å². The van der Waals surface area contributed by atoms with Crippen molar-refractivity contribution in [1.29, 1.82) is 0 Å². The van der Waals surface area contributed by atoms with Gasteiger partial charge in [0.1, 0.15) is 24.6 Å². The van der Waals surface area contributed by atoms with Gasteiger partial charge in [-0.15, -0.1) is 0 Å². The van der Waals surface area contributed by atoms with E-state index in [2.05, 4.69) is 15.0 Å². The Morgan fingerprint density at radius 1 is 1.21 bits per heavy atom. The van der Waals surface area contributed by atoms with Crippen molar-refractivity contribution in [2.75, 3.05) is 24.6 Å². The van der Waals surface area contributed by atoms with Gasteiger partial charge in [0, 0.05) is 0 Å². The predicted octanol–water partition coefficient (Wildman–Crippen LogP) is -1.11. The highest BCUT2D eigenvalue weighted by atomic mass is 19.3. The van der Waals surface area contributed by atoms with Gasteiger partial charge in [0.25, 0.3) is 5.92 Å². The summed E-state index contributed by atoms with van der Waals surface area (Å²) in [6.07, 6.45) is -1.92. The molecule has 0 aliphatic carbocycles. The Morgan fingerprint density at radius 3 is 2.58 bits per heavy atom. The first kappa shape index (κ1) is 15.6. The highest BCUT2D eigenvalue weighted by Gasteiger charge is 2.46. The van der Waals surface area contributed by atoms with E-state index >= 15 is 0 Å². The highest BCUT2D eigenvalue weighted by molar-refractivity contribution is 5.84. The van der Waals surface area contributed by atoms with Crippen LogP contribution in [0.15, 0.2) is 12.7 Å². The number of hydrogen-bond donors (Lipinski definition) is 3. The van der Waals surface area contributed by atoms with Crippen LogP contribution in [0.25, 0.3) is 11.2 Å². The molecular formula is C13H15F2N5O4. The number of rotatable bonds is 3. The average Bonchev–Trinajstić information content (AvgIpc) is 3.07. The summed E-state index contributed by atoms with van der Waals surface area (Å²) in [6.45, 7) is -1.34. The second-order valence-corrected chi connectivity index (χ2v) is 5.96. The van der Waals surface area contributed by atoms with Crippen LogP contribution < -0.4 is 4.90 Å². The van der Waals surface area contributed by atoms with E-state index in [0.717, 1.165) is 0 Å². The van der Waals surface area contributed by atoms with Gasteiger partial charge in [0.2, 0.25) is 0 Å². The maximum absolute atomic E-state index is 13.1. The number of halogens is 2. The number of aromatic nitrogens is 4. The summed E-state index contributed by atoms with van der Waals surface area (Å²) < 4.78 is 33.0. The standard InChI is InChI=1S/C13H15F2N5O4/c14-13(15)2-19(3-13)10-7-11(17-4-16-10)20(5-18-7)12-9(23)8(22)6(1-21)24-12/h4-6,8-9,12,21-23H,1-3H2/t6-,8-,9-,12-/m1/s1. The Bertz CT molecular complexity index is 764. The minimum absolute atomic E-state index is 0.274. The zero-order valence-electron chi connectivity index (χ0n) is 12.3. The summed E-state index contributed by atoms with van der Waals surface area (Å²) in [4.78, 5) is 13.6. The van der Waals surface area contributed by atoms with Gasteiger partial charge in [0.05, 0.1) is 26.0 Å². The van der Waals surface area contributed by atoms with Crippen molar-refractivity contribution in [3.63, 3.8) is 0 Å². The molecule has 0 aromatic carbocycles. The van der Waals surface area contributed by atoms with Crippen molar-refractivity contribution in [3.05, 3.63) is 12.7 Å². The molecule has 0 saturated carbocycles. The van der Waals surface area contributed by atoms with E-state index in [9.17, 15) is 19.0 Å². The van der Waals surface area contributed by atoms with E-state index < -0.39 is 50.2 Å². The van der Waals surface area contributed by atoms with Crippen molar-refractivity contribution >= 4 is 17.0 Å². The molecule has 11 heteroatoms. The number of imidazole rings is 1. The summed E-state index contributed by atoms with van der Waals surface area (Å²) in [7, 11) is 0. The second-order valence-electron chi connectivity index (χ2n) is 5.96. The van der Waals surface area contributed by atoms with Gasteiger partial charge >= 0.3 is 0 Å². The molecule has 4 heterocycles. The van der Waals surface area contributed by atoms with E-state index in [1.54, 1.807) is 0 Å². The number of hydrogen-bond acceptors (Lipinski definition) is 8. The molecule has 2 aromatic heterocycles. The van der Waals surface area contributed by atoms with Crippen LogP contribution in [-0.4, -0.2) is 78.8 Å². The topological polar surface area (TPSA) is 117 Å². The quantitative estimate of drug-likeness (QED) is 0.643. The Hall–Kier alpha value is -1.95. The maximum atomic E-state index is 13.1. The lowest BCUT2D eigenvalue weighted by Crippen LogP contribution is -2.56. The number of alkyl halides is 2. The first-order valence-corrected chi connectivity index (χ1v) is 7.34. The van der Waals surface area contributed by atoms with Crippen LogP contribution in [0.1, 0.15) is 6.23 Å². The highest BCUT2D eigenvalue weighted by Crippen LogP contribution is 2.36. The fourth-order valence-electron chi connectivity index (χ4n) is 3.03. The molecule has 4 atom stereocenters. The molecule has 0 spiro atoms. The predicted molar refractivity (Wildman–Crippen MR) is 75.5 cm³/mol. The summed E-state index contributed by atoms with van der Waals surface area (Å²) in [5.41, 5.74) is 0.579. The zero-order chi connectivity index (χ0) is 17.1. The fourth-order valence-corrected chi connectivity index (χ4v) is 3.03. The van der Waals surface area contributed by atoms with Crippen molar-refractivity contribution < 1.29 is 28.8 Å². The van der Waals surface area contributed by atoms with E-state index in [1.807, 2.05) is 0 Å². The van der Waals surface area contributed by atoms with Crippen LogP contribution >= 0.6 is 0 Å².